The Kier molecular flexibility index (Phi) is 11.4. The molecule has 0 heterocycles. The molecule has 0 rings (SSSR count). The molecule has 2 heteroatoms. The Hall–Kier alpha value is -1.02. The van der Waals surface area contributed by atoms with Crippen LogP contribution >= 0.6 is 0 Å². The molecule has 0 aliphatic heterocycles. The molecular formula is C17H32N2. The minimum Gasteiger partial charge on any atom is -0.388 e. The molecule has 19 heavy (non-hydrogen) atoms. The minimum atomic E-state index is 0.391. The Bertz CT molecular complexity index is 300. The van der Waals surface area contributed by atoms with Crippen LogP contribution in [-0.4, -0.2) is 20.1 Å². The zero-order valence-electron chi connectivity index (χ0n) is 13.4. The van der Waals surface area contributed by atoms with Crippen LogP contribution < -0.4 is 10.6 Å². The van der Waals surface area contributed by atoms with Gasteiger partial charge in [0.25, 0.3) is 0 Å². The second-order valence-corrected chi connectivity index (χ2v) is 4.79. The van der Waals surface area contributed by atoms with Crippen LogP contribution in [0.15, 0.2) is 35.6 Å². The summed E-state index contributed by atoms with van der Waals surface area (Å²) in [6.07, 6.45) is 14.8. The van der Waals surface area contributed by atoms with E-state index in [0.29, 0.717) is 6.04 Å². The summed E-state index contributed by atoms with van der Waals surface area (Å²) in [6.45, 7) is 6.55. The molecule has 1 unspecified atom stereocenters. The van der Waals surface area contributed by atoms with E-state index < -0.39 is 0 Å². The summed E-state index contributed by atoms with van der Waals surface area (Å²) in [5.41, 5.74) is 2.66. The maximum absolute atomic E-state index is 3.37. The zero-order chi connectivity index (χ0) is 14.5. The van der Waals surface area contributed by atoms with Crippen molar-refractivity contribution in [1.29, 1.82) is 0 Å². The first-order valence-corrected chi connectivity index (χ1v) is 7.60. The van der Waals surface area contributed by atoms with Gasteiger partial charge in [-0.25, -0.2) is 0 Å². The van der Waals surface area contributed by atoms with Gasteiger partial charge in [-0.3, -0.25) is 0 Å². The third kappa shape index (κ3) is 7.89. The first kappa shape index (κ1) is 18.0. The van der Waals surface area contributed by atoms with Crippen molar-refractivity contribution in [3.8, 4) is 0 Å². The molecule has 2 N–H and O–H groups in total. The van der Waals surface area contributed by atoms with Crippen LogP contribution in [0, 0.1) is 0 Å². The van der Waals surface area contributed by atoms with Crippen molar-refractivity contribution in [3.05, 3.63) is 35.6 Å². The van der Waals surface area contributed by atoms with E-state index in [9.17, 15) is 0 Å². The van der Waals surface area contributed by atoms with Crippen LogP contribution in [0.2, 0.25) is 0 Å². The zero-order valence-corrected chi connectivity index (χ0v) is 13.4. The Morgan fingerprint density at radius 2 is 1.84 bits per heavy atom. The second kappa shape index (κ2) is 12.0. The third-order valence-corrected chi connectivity index (χ3v) is 3.23. The molecule has 0 fully saturated rings. The first-order chi connectivity index (χ1) is 9.23. The summed E-state index contributed by atoms with van der Waals surface area (Å²) in [4.78, 5) is 0. The predicted octanol–water partition coefficient (Wildman–Crippen LogP) is 4.17. The van der Waals surface area contributed by atoms with Crippen molar-refractivity contribution in [2.75, 3.05) is 14.1 Å². The third-order valence-electron chi connectivity index (χ3n) is 3.23. The monoisotopic (exact) mass is 264 g/mol. The molecule has 1 atom stereocenters. The number of hydrogen-bond donors (Lipinski definition) is 2. The van der Waals surface area contributed by atoms with Gasteiger partial charge >= 0.3 is 0 Å². The van der Waals surface area contributed by atoms with Gasteiger partial charge in [-0.05, 0) is 44.9 Å². The van der Waals surface area contributed by atoms with Crippen molar-refractivity contribution >= 4 is 0 Å². The number of hydrogen-bond acceptors (Lipinski definition) is 2. The SMILES string of the molecule is C/C=C(CCC)/C(=C/C(C/C=C\CCC)NC)NC. The van der Waals surface area contributed by atoms with Gasteiger partial charge in [-0.2, -0.15) is 0 Å². The molecule has 2 nitrogen and oxygen atoms in total. The molecule has 0 aromatic carbocycles. The molecule has 0 amide bonds. The maximum Gasteiger partial charge on any atom is 0.0342 e. The Morgan fingerprint density at radius 1 is 1.11 bits per heavy atom. The van der Waals surface area contributed by atoms with Crippen molar-refractivity contribution in [2.24, 2.45) is 0 Å². The van der Waals surface area contributed by atoms with E-state index >= 15 is 0 Å². The van der Waals surface area contributed by atoms with Crippen molar-refractivity contribution in [1.82, 2.24) is 10.6 Å². The molecule has 0 saturated heterocycles. The number of allylic oxidation sites excluding steroid dienone is 3. The van der Waals surface area contributed by atoms with Crippen LogP contribution in [0.25, 0.3) is 0 Å². The van der Waals surface area contributed by atoms with Crippen LogP contribution in [0.4, 0.5) is 0 Å². The summed E-state index contributed by atoms with van der Waals surface area (Å²) < 4.78 is 0. The fourth-order valence-corrected chi connectivity index (χ4v) is 2.05. The Balaban J connectivity index is 4.69. The lowest BCUT2D eigenvalue weighted by Crippen LogP contribution is -2.24. The summed E-state index contributed by atoms with van der Waals surface area (Å²) in [5.74, 6) is 0. The van der Waals surface area contributed by atoms with E-state index in [1.54, 1.807) is 0 Å². The topological polar surface area (TPSA) is 24.1 Å². The average Bonchev–Trinajstić information content (AvgIpc) is 2.44. The van der Waals surface area contributed by atoms with E-state index in [1.165, 1.54) is 30.5 Å². The van der Waals surface area contributed by atoms with Crippen LogP contribution in [0.1, 0.15) is 52.9 Å². The van der Waals surface area contributed by atoms with Crippen LogP contribution in [0.3, 0.4) is 0 Å². The quantitative estimate of drug-likeness (QED) is 0.457. The lowest BCUT2D eigenvalue weighted by molar-refractivity contribution is 0.666. The number of rotatable bonds is 10. The normalized spacial score (nSPS) is 15.0. The highest BCUT2D eigenvalue weighted by Gasteiger charge is 2.06. The van der Waals surface area contributed by atoms with Gasteiger partial charge in [0, 0.05) is 18.8 Å². The van der Waals surface area contributed by atoms with Crippen molar-refractivity contribution in [2.45, 2.75) is 58.9 Å². The predicted molar refractivity (Wildman–Crippen MR) is 87.3 cm³/mol. The van der Waals surface area contributed by atoms with Crippen molar-refractivity contribution in [3.63, 3.8) is 0 Å². The molecule has 110 valence electrons. The number of unbranched alkanes of at least 4 members (excludes halogenated alkanes) is 1. The lowest BCUT2D eigenvalue weighted by Gasteiger charge is -2.16. The minimum absolute atomic E-state index is 0.391. The van der Waals surface area contributed by atoms with E-state index in [0.717, 1.165) is 12.8 Å². The second-order valence-electron chi connectivity index (χ2n) is 4.79. The van der Waals surface area contributed by atoms with E-state index in [4.69, 9.17) is 0 Å². The Labute approximate surface area is 120 Å². The molecule has 0 aromatic heterocycles. The molecule has 0 aromatic rings. The highest BCUT2D eigenvalue weighted by molar-refractivity contribution is 5.30. The van der Waals surface area contributed by atoms with Gasteiger partial charge < -0.3 is 10.6 Å². The summed E-state index contributed by atoms with van der Waals surface area (Å²) >= 11 is 0. The Morgan fingerprint density at radius 3 is 2.32 bits per heavy atom. The summed E-state index contributed by atoms with van der Waals surface area (Å²) in [6, 6.07) is 0.391. The lowest BCUT2D eigenvalue weighted by atomic mass is 10.0. The molecule has 0 aliphatic carbocycles. The summed E-state index contributed by atoms with van der Waals surface area (Å²) in [5, 5.41) is 6.70. The van der Waals surface area contributed by atoms with Gasteiger partial charge in [-0.1, -0.05) is 44.9 Å². The number of nitrogens with one attached hydrogen (secondary N) is 2. The van der Waals surface area contributed by atoms with Crippen LogP contribution in [0.5, 0.6) is 0 Å². The largest absolute Gasteiger partial charge is 0.388 e. The fourth-order valence-electron chi connectivity index (χ4n) is 2.05. The van der Waals surface area contributed by atoms with Gasteiger partial charge in [0.2, 0.25) is 0 Å². The molecule has 0 saturated carbocycles. The van der Waals surface area contributed by atoms with E-state index in [2.05, 4.69) is 55.7 Å². The molecular weight excluding hydrogens is 232 g/mol. The highest BCUT2D eigenvalue weighted by Crippen LogP contribution is 2.14. The van der Waals surface area contributed by atoms with E-state index in [1.807, 2.05) is 14.1 Å². The fraction of sp³-hybridized carbons (Fsp3) is 0.647. The smallest absolute Gasteiger partial charge is 0.0342 e. The maximum atomic E-state index is 3.37. The van der Waals surface area contributed by atoms with Crippen molar-refractivity contribution < 1.29 is 0 Å². The molecule has 0 spiro atoms. The first-order valence-electron chi connectivity index (χ1n) is 7.60. The number of likely N-dealkylation sites (N-methyl/N-ethyl adjacent to an activating group) is 2. The van der Waals surface area contributed by atoms with Gasteiger partial charge in [0.05, 0.1) is 0 Å². The molecule has 0 radical (unpaired) electrons. The average molecular weight is 264 g/mol. The van der Waals surface area contributed by atoms with Gasteiger partial charge in [0.15, 0.2) is 0 Å². The molecule has 0 aliphatic rings. The standard InChI is InChI=1S/C17H32N2/c1-6-9-10-11-13-16(18-4)14-17(19-5)15(8-3)12-7-2/h8,10-11,14,16,18-19H,6-7,9,12-13H2,1-5H3/b11-10-,15-8+,17-14-. The highest BCUT2D eigenvalue weighted by atomic mass is 14.9. The van der Waals surface area contributed by atoms with Gasteiger partial charge in [0.1, 0.15) is 0 Å². The van der Waals surface area contributed by atoms with E-state index in [-0.39, 0.29) is 0 Å². The van der Waals surface area contributed by atoms with Crippen LogP contribution in [-0.2, 0) is 0 Å². The van der Waals surface area contributed by atoms with Gasteiger partial charge in [-0.15, -0.1) is 0 Å². The molecule has 0 bridgehead atoms. The summed E-state index contributed by atoms with van der Waals surface area (Å²) in [7, 11) is 4.03.